The summed E-state index contributed by atoms with van der Waals surface area (Å²) in [6.07, 6.45) is 2.91. The van der Waals surface area contributed by atoms with Gasteiger partial charge in [-0.05, 0) is 37.5 Å². The molecule has 0 unspecified atom stereocenters. The minimum absolute atomic E-state index is 0.293. The zero-order chi connectivity index (χ0) is 18.7. The first kappa shape index (κ1) is 20.8. The second kappa shape index (κ2) is 11.3. The molecule has 136 valence electrons. The van der Waals surface area contributed by atoms with Crippen LogP contribution in [0.1, 0.15) is 23.7 Å². The van der Waals surface area contributed by atoms with Crippen LogP contribution < -0.4 is 10.6 Å². The Balaban J connectivity index is 2.69. The van der Waals surface area contributed by atoms with Gasteiger partial charge in [0.15, 0.2) is 6.10 Å². The van der Waals surface area contributed by atoms with Gasteiger partial charge in [0.1, 0.15) is 6.04 Å². The highest BCUT2D eigenvalue weighted by molar-refractivity contribution is 7.98. The molecule has 6 nitrogen and oxygen atoms in total. The van der Waals surface area contributed by atoms with Crippen LogP contribution in [0.25, 0.3) is 0 Å². The van der Waals surface area contributed by atoms with Crippen molar-refractivity contribution in [1.29, 1.82) is 0 Å². The highest BCUT2D eigenvalue weighted by atomic mass is 32.2. The number of nitrogens with one attached hydrogen (secondary N) is 2. The standard InChI is InChI=1S/C18H24N2O4S/c1-4-11-19-16(21)13(2)24-18(23)15(10-12-25-3)20-17(22)14-8-6-5-7-9-14/h4-9,13,15H,1,10-12H2,2-3H3,(H,19,21)(H,20,22)/t13-,15+/m1/s1. The Morgan fingerprint density at radius 3 is 2.56 bits per heavy atom. The number of ether oxygens (including phenoxy) is 1. The Kier molecular flexibility index (Phi) is 9.39. The van der Waals surface area contributed by atoms with Gasteiger partial charge >= 0.3 is 5.97 Å². The summed E-state index contributed by atoms with van der Waals surface area (Å²) in [4.78, 5) is 36.4. The highest BCUT2D eigenvalue weighted by Crippen LogP contribution is 2.07. The van der Waals surface area contributed by atoms with Crippen molar-refractivity contribution in [3.8, 4) is 0 Å². The van der Waals surface area contributed by atoms with Gasteiger partial charge in [-0.2, -0.15) is 11.8 Å². The Morgan fingerprint density at radius 2 is 1.96 bits per heavy atom. The fraction of sp³-hybridized carbons (Fsp3) is 0.389. The molecule has 2 N–H and O–H groups in total. The average molecular weight is 364 g/mol. The lowest BCUT2D eigenvalue weighted by Gasteiger charge is -2.20. The lowest BCUT2D eigenvalue weighted by atomic mass is 10.1. The molecule has 0 aromatic heterocycles. The fourth-order valence-electron chi connectivity index (χ4n) is 1.94. The van der Waals surface area contributed by atoms with E-state index < -0.39 is 24.0 Å². The molecule has 0 radical (unpaired) electrons. The summed E-state index contributed by atoms with van der Waals surface area (Å²) >= 11 is 1.56. The van der Waals surface area contributed by atoms with Crippen molar-refractivity contribution in [2.45, 2.75) is 25.5 Å². The van der Waals surface area contributed by atoms with Crippen molar-refractivity contribution >= 4 is 29.5 Å². The summed E-state index contributed by atoms with van der Waals surface area (Å²) in [5.41, 5.74) is 0.459. The molecular formula is C18H24N2O4S. The van der Waals surface area contributed by atoms with Gasteiger partial charge in [-0.25, -0.2) is 4.79 Å². The molecule has 0 heterocycles. The quantitative estimate of drug-likeness (QED) is 0.488. The highest BCUT2D eigenvalue weighted by Gasteiger charge is 2.26. The Hall–Kier alpha value is -2.28. The molecule has 0 saturated carbocycles. The predicted molar refractivity (Wildman–Crippen MR) is 99.5 cm³/mol. The van der Waals surface area contributed by atoms with Crippen LogP contribution in [0.2, 0.25) is 0 Å². The average Bonchev–Trinajstić information content (AvgIpc) is 2.63. The van der Waals surface area contributed by atoms with E-state index in [2.05, 4.69) is 17.2 Å². The number of rotatable bonds is 10. The number of hydrogen-bond donors (Lipinski definition) is 2. The van der Waals surface area contributed by atoms with Crippen LogP contribution in [0.5, 0.6) is 0 Å². The molecule has 2 atom stereocenters. The van der Waals surface area contributed by atoms with E-state index in [0.29, 0.717) is 24.3 Å². The molecule has 0 fully saturated rings. The van der Waals surface area contributed by atoms with Gasteiger partial charge in [-0.1, -0.05) is 24.3 Å². The van der Waals surface area contributed by atoms with Gasteiger partial charge in [0, 0.05) is 12.1 Å². The van der Waals surface area contributed by atoms with Crippen molar-refractivity contribution < 1.29 is 19.1 Å². The normalized spacial score (nSPS) is 12.6. The Morgan fingerprint density at radius 1 is 1.28 bits per heavy atom. The van der Waals surface area contributed by atoms with E-state index in [9.17, 15) is 14.4 Å². The topological polar surface area (TPSA) is 84.5 Å². The maximum Gasteiger partial charge on any atom is 0.329 e. The van der Waals surface area contributed by atoms with Crippen LogP contribution in [0.3, 0.4) is 0 Å². The summed E-state index contributed by atoms with van der Waals surface area (Å²) in [6.45, 7) is 5.28. The van der Waals surface area contributed by atoms with Crippen molar-refractivity contribution in [2.75, 3.05) is 18.6 Å². The van der Waals surface area contributed by atoms with Gasteiger partial charge in [0.25, 0.3) is 11.8 Å². The van der Waals surface area contributed by atoms with Gasteiger partial charge < -0.3 is 15.4 Å². The number of carbonyl (C=O) groups excluding carboxylic acids is 3. The van der Waals surface area contributed by atoms with E-state index in [0.717, 1.165) is 0 Å². The lowest BCUT2D eigenvalue weighted by molar-refractivity contribution is -0.156. The molecule has 1 rings (SSSR count). The SMILES string of the molecule is C=CCNC(=O)[C@@H](C)OC(=O)[C@H](CCSC)NC(=O)c1ccccc1. The first-order valence-electron chi connectivity index (χ1n) is 7.93. The van der Waals surface area contributed by atoms with Crippen LogP contribution in [0.15, 0.2) is 43.0 Å². The molecule has 0 aliphatic rings. The molecule has 0 bridgehead atoms. The number of carbonyl (C=O) groups is 3. The van der Waals surface area contributed by atoms with Crippen LogP contribution in [-0.2, 0) is 14.3 Å². The first-order valence-corrected chi connectivity index (χ1v) is 9.33. The summed E-state index contributed by atoms with van der Waals surface area (Å²) < 4.78 is 5.20. The first-order chi connectivity index (χ1) is 12.0. The summed E-state index contributed by atoms with van der Waals surface area (Å²) in [5, 5.41) is 5.24. The molecule has 0 spiro atoms. The third kappa shape index (κ3) is 7.43. The smallest absolute Gasteiger partial charge is 0.329 e. The maximum atomic E-state index is 12.4. The molecule has 0 aliphatic heterocycles. The minimum atomic E-state index is -0.946. The predicted octanol–water partition coefficient (Wildman–Crippen LogP) is 1.77. The largest absolute Gasteiger partial charge is 0.451 e. The zero-order valence-electron chi connectivity index (χ0n) is 14.5. The van der Waals surface area contributed by atoms with E-state index >= 15 is 0 Å². The monoisotopic (exact) mass is 364 g/mol. The third-order valence-corrected chi connectivity index (χ3v) is 3.96. The number of amides is 2. The van der Waals surface area contributed by atoms with Gasteiger partial charge in [0.05, 0.1) is 0 Å². The van der Waals surface area contributed by atoms with Crippen LogP contribution in [0, 0.1) is 0 Å². The van der Waals surface area contributed by atoms with Crippen molar-refractivity contribution in [3.05, 3.63) is 48.6 Å². The second-order valence-corrected chi connectivity index (χ2v) is 6.27. The van der Waals surface area contributed by atoms with Crippen molar-refractivity contribution in [2.24, 2.45) is 0 Å². The number of thioether (sulfide) groups is 1. The molecular weight excluding hydrogens is 340 g/mol. The molecule has 25 heavy (non-hydrogen) atoms. The van der Waals surface area contributed by atoms with E-state index in [1.54, 1.807) is 42.1 Å². The van der Waals surface area contributed by atoms with Gasteiger partial charge in [-0.3, -0.25) is 9.59 Å². The number of hydrogen-bond acceptors (Lipinski definition) is 5. The van der Waals surface area contributed by atoms with Crippen molar-refractivity contribution in [3.63, 3.8) is 0 Å². The molecule has 2 amide bonds. The third-order valence-electron chi connectivity index (χ3n) is 3.32. The molecule has 7 heteroatoms. The molecule has 1 aromatic rings. The Labute approximate surface area is 152 Å². The maximum absolute atomic E-state index is 12.4. The molecule has 0 aliphatic carbocycles. The van der Waals surface area contributed by atoms with Crippen LogP contribution in [0.4, 0.5) is 0 Å². The summed E-state index contributed by atoms with van der Waals surface area (Å²) in [7, 11) is 0. The van der Waals surface area contributed by atoms with Crippen LogP contribution in [-0.4, -0.2) is 48.5 Å². The van der Waals surface area contributed by atoms with E-state index in [4.69, 9.17) is 4.74 Å². The summed E-state index contributed by atoms with van der Waals surface area (Å²) in [5.74, 6) is -0.718. The van der Waals surface area contributed by atoms with E-state index in [1.807, 2.05) is 6.26 Å². The minimum Gasteiger partial charge on any atom is -0.451 e. The lowest BCUT2D eigenvalue weighted by Crippen LogP contribution is -2.45. The zero-order valence-corrected chi connectivity index (χ0v) is 15.3. The number of benzene rings is 1. The fourth-order valence-corrected chi connectivity index (χ4v) is 2.41. The van der Waals surface area contributed by atoms with Gasteiger partial charge in [0.2, 0.25) is 0 Å². The van der Waals surface area contributed by atoms with E-state index in [1.165, 1.54) is 13.0 Å². The Bertz CT molecular complexity index is 592. The molecule has 1 aromatic carbocycles. The molecule has 0 saturated heterocycles. The summed E-state index contributed by atoms with van der Waals surface area (Å²) in [6, 6.07) is 7.82. The van der Waals surface area contributed by atoms with Crippen molar-refractivity contribution in [1.82, 2.24) is 10.6 Å². The number of esters is 1. The van der Waals surface area contributed by atoms with Crippen LogP contribution >= 0.6 is 11.8 Å². The second-order valence-electron chi connectivity index (χ2n) is 5.29. The van der Waals surface area contributed by atoms with Gasteiger partial charge in [-0.15, -0.1) is 6.58 Å². The van der Waals surface area contributed by atoms with E-state index in [-0.39, 0.29) is 5.91 Å².